The Labute approximate surface area is 155 Å². The maximum atomic E-state index is 12.6. The van der Waals surface area contributed by atoms with Crippen molar-refractivity contribution in [3.63, 3.8) is 0 Å². The molecule has 5 N–H and O–H groups in total. The Morgan fingerprint density at radius 1 is 1.36 bits per heavy atom. The lowest BCUT2D eigenvalue weighted by Crippen LogP contribution is -2.39. The summed E-state index contributed by atoms with van der Waals surface area (Å²) in [6, 6.07) is 5.85. The van der Waals surface area contributed by atoms with Gasteiger partial charge in [0.25, 0.3) is 10.0 Å². The lowest BCUT2D eigenvalue weighted by atomic mass is 10.2. The largest absolute Gasteiger partial charge is 0.420 e. The average molecular weight is 428 g/mol. The lowest BCUT2D eigenvalue weighted by Gasteiger charge is -2.26. The molecule has 2 heterocycles. The number of aromatic nitrogens is 1. The zero-order chi connectivity index (χ0) is 18.0. The van der Waals surface area contributed by atoms with Gasteiger partial charge >= 0.3 is 7.60 Å². The van der Waals surface area contributed by atoms with Gasteiger partial charge in [-0.2, -0.15) is 4.72 Å². The van der Waals surface area contributed by atoms with Crippen LogP contribution in [0.5, 0.6) is 5.75 Å². The number of rotatable bonds is 7. The third-order valence-corrected chi connectivity index (χ3v) is 8.16. The highest BCUT2D eigenvalue weighted by atomic mass is 35.5. The van der Waals surface area contributed by atoms with E-state index in [0.717, 1.165) is 11.3 Å². The molecular formula is C13H19ClN3O5PS2. The Balaban J connectivity index is 0.00000312. The zero-order valence-corrected chi connectivity index (χ0v) is 16.8. The summed E-state index contributed by atoms with van der Waals surface area (Å²) in [7, 11) is -8.36. The van der Waals surface area contributed by atoms with Crippen LogP contribution >= 0.6 is 30.5 Å². The van der Waals surface area contributed by atoms with Gasteiger partial charge in [-0.1, -0.05) is 31.5 Å². The van der Waals surface area contributed by atoms with Crippen molar-refractivity contribution in [1.29, 1.82) is 0 Å². The topological polar surface area (TPSA) is 141 Å². The first-order valence-corrected chi connectivity index (χ1v) is 11.2. The van der Waals surface area contributed by atoms with Gasteiger partial charge in [-0.25, -0.2) is 18.0 Å². The van der Waals surface area contributed by atoms with Crippen LogP contribution in [0.25, 0.3) is 0 Å². The summed E-state index contributed by atoms with van der Waals surface area (Å²) in [6.07, 6.45) is 1.40. The summed E-state index contributed by atoms with van der Waals surface area (Å²) < 4.78 is 44.8. The molecule has 0 bridgehead atoms. The molecule has 8 nitrogen and oxygen atoms in total. The maximum Gasteiger partial charge on any atom is 0.394 e. The monoisotopic (exact) mass is 427 g/mol. The quantitative estimate of drug-likeness (QED) is 0.453. The molecule has 2 atom stereocenters. The molecular weight excluding hydrogens is 409 g/mol. The molecule has 0 fully saturated rings. The number of nitrogens with zero attached hydrogens (tertiary/aromatic N) is 1. The SMILES string of the molecule is CC(C)C(NS(=O)(=O)c1cccs1)P(=O)(O)Oc1cccnc1Cl.N. The van der Waals surface area contributed by atoms with E-state index in [-0.39, 0.29) is 21.3 Å². The molecule has 2 aromatic heterocycles. The van der Waals surface area contributed by atoms with Crippen LogP contribution in [0.2, 0.25) is 5.15 Å². The molecule has 2 rings (SSSR count). The number of sulfonamides is 1. The Morgan fingerprint density at radius 2 is 2.04 bits per heavy atom. The van der Waals surface area contributed by atoms with E-state index in [2.05, 4.69) is 9.71 Å². The fourth-order valence-electron chi connectivity index (χ4n) is 1.85. The van der Waals surface area contributed by atoms with Crippen molar-refractivity contribution in [2.45, 2.75) is 23.8 Å². The van der Waals surface area contributed by atoms with E-state index in [1.54, 1.807) is 25.3 Å². The van der Waals surface area contributed by atoms with Crippen LogP contribution in [0, 0.1) is 5.92 Å². The van der Waals surface area contributed by atoms with Crippen molar-refractivity contribution in [3.05, 3.63) is 41.0 Å². The van der Waals surface area contributed by atoms with Crippen molar-refractivity contribution < 1.29 is 22.4 Å². The molecule has 0 saturated carbocycles. The summed E-state index contributed by atoms with van der Waals surface area (Å²) in [6.45, 7) is 3.22. The molecule has 0 spiro atoms. The predicted molar refractivity (Wildman–Crippen MR) is 98.0 cm³/mol. The fraction of sp³-hybridized carbons (Fsp3) is 0.308. The number of thiophene rings is 1. The van der Waals surface area contributed by atoms with Crippen molar-refractivity contribution in [2.24, 2.45) is 5.92 Å². The van der Waals surface area contributed by atoms with Crippen LogP contribution < -0.4 is 15.4 Å². The first-order valence-electron chi connectivity index (χ1n) is 6.82. The molecule has 25 heavy (non-hydrogen) atoms. The van der Waals surface area contributed by atoms with Gasteiger partial charge in [0.15, 0.2) is 10.9 Å². The Hall–Kier alpha value is -1.00. The molecule has 0 amide bonds. The molecule has 0 aromatic carbocycles. The second kappa shape index (κ2) is 8.59. The number of pyridine rings is 1. The third-order valence-electron chi connectivity index (χ3n) is 2.97. The molecule has 0 aliphatic heterocycles. The van der Waals surface area contributed by atoms with Gasteiger partial charge in [0.2, 0.25) is 0 Å². The van der Waals surface area contributed by atoms with Crippen LogP contribution in [0.1, 0.15) is 13.8 Å². The molecule has 0 radical (unpaired) electrons. The van der Waals surface area contributed by atoms with E-state index >= 15 is 0 Å². The van der Waals surface area contributed by atoms with Crippen LogP contribution in [0.3, 0.4) is 0 Å². The van der Waals surface area contributed by atoms with E-state index < -0.39 is 29.3 Å². The predicted octanol–water partition coefficient (Wildman–Crippen LogP) is 3.48. The van der Waals surface area contributed by atoms with Gasteiger partial charge in [0.05, 0.1) is 0 Å². The van der Waals surface area contributed by atoms with Crippen LogP contribution in [0.15, 0.2) is 40.1 Å². The highest BCUT2D eigenvalue weighted by Gasteiger charge is 2.40. The molecule has 0 aliphatic rings. The van der Waals surface area contributed by atoms with Crippen LogP contribution in [0.4, 0.5) is 0 Å². The van der Waals surface area contributed by atoms with Crippen molar-refractivity contribution in [1.82, 2.24) is 15.9 Å². The second-order valence-corrected chi connectivity index (χ2v) is 10.3. The van der Waals surface area contributed by atoms with Crippen molar-refractivity contribution >= 4 is 40.6 Å². The number of nitrogens with one attached hydrogen (secondary N) is 1. The number of halogens is 1. The maximum absolute atomic E-state index is 12.6. The van der Waals surface area contributed by atoms with Gasteiger partial charge in [0.1, 0.15) is 9.99 Å². The first kappa shape index (κ1) is 22.0. The van der Waals surface area contributed by atoms with Gasteiger partial charge in [-0.15, -0.1) is 11.3 Å². The van der Waals surface area contributed by atoms with E-state index in [9.17, 15) is 17.9 Å². The summed E-state index contributed by atoms with van der Waals surface area (Å²) >= 11 is 6.83. The third kappa shape index (κ3) is 5.49. The second-order valence-electron chi connectivity index (χ2n) is 5.19. The van der Waals surface area contributed by atoms with E-state index in [4.69, 9.17) is 16.1 Å². The Bertz CT molecular complexity index is 845. The van der Waals surface area contributed by atoms with Gasteiger partial charge in [0, 0.05) is 6.20 Å². The normalized spacial score (nSPS) is 15.2. The van der Waals surface area contributed by atoms with E-state index in [1.807, 2.05) is 0 Å². The minimum Gasteiger partial charge on any atom is -0.420 e. The summed E-state index contributed by atoms with van der Waals surface area (Å²) in [5.74, 6) is -1.95. The molecule has 12 heteroatoms. The molecule has 2 aromatic rings. The Kier molecular flexibility index (Phi) is 7.57. The molecule has 0 aliphatic carbocycles. The number of hydrogen-bond acceptors (Lipinski definition) is 7. The summed E-state index contributed by atoms with van der Waals surface area (Å²) in [5.41, 5.74) is 0. The summed E-state index contributed by atoms with van der Waals surface area (Å²) in [5, 5.41) is 1.51. The Morgan fingerprint density at radius 3 is 2.56 bits per heavy atom. The number of hydrogen-bond donors (Lipinski definition) is 3. The molecule has 0 saturated heterocycles. The van der Waals surface area contributed by atoms with Crippen LogP contribution in [-0.4, -0.2) is 24.1 Å². The zero-order valence-electron chi connectivity index (χ0n) is 13.5. The lowest BCUT2D eigenvalue weighted by molar-refractivity contribution is 0.342. The average Bonchev–Trinajstić information content (AvgIpc) is 3.02. The van der Waals surface area contributed by atoms with Gasteiger partial charge in [-0.3, -0.25) is 0 Å². The minimum atomic E-state index is -4.42. The van der Waals surface area contributed by atoms with Crippen molar-refractivity contribution in [2.75, 3.05) is 0 Å². The van der Waals surface area contributed by atoms with E-state index in [1.165, 1.54) is 24.4 Å². The first-order chi connectivity index (χ1) is 11.1. The van der Waals surface area contributed by atoms with Crippen LogP contribution in [-0.2, 0) is 14.6 Å². The minimum absolute atomic E-state index is 0. The van der Waals surface area contributed by atoms with Gasteiger partial charge < -0.3 is 15.6 Å². The molecule has 2 unspecified atom stereocenters. The molecule has 140 valence electrons. The standard InChI is InChI=1S/C13H16ClN2O5PS2.H3N/c1-9(2)13(16-24(19,20)11-6-4-8-23-11)22(17,18)21-10-5-3-7-15-12(10)14;/h3-9,13,16H,1-2H3,(H,17,18);1H3. The van der Waals surface area contributed by atoms with E-state index in [0.29, 0.717) is 0 Å². The van der Waals surface area contributed by atoms with Crippen molar-refractivity contribution in [3.8, 4) is 5.75 Å². The van der Waals surface area contributed by atoms with Gasteiger partial charge in [-0.05, 0) is 29.5 Å². The highest BCUT2D eigenvalue weighted by molar-refractivity contribution is 7.91. The summed E-state index contributed by atoms with van der Waals surface area (Å²) in [4.78, 5) is 14.1. The fourth-order valence-corrected chi connectivity index (χ4v) is 6.54. The highest BCUT2D eigenvalue weighted by Crippen LogP contribution is 2.50. The smallest absolute Gasteiger partial charge is 0.394 e.